The van der Waals surface area contributed by atoms with Gasteiger partial charge in [0.2, 0.25) is 5.91 Å². The molecule has 2 aliphatic rings. The van der Waals surface area contributed by atoms with E-state index in [1.165, 1.54) is 6.42 Å². The topological polar surface area (TPSA) is 72.9 Å². The number of hydrogen-bond acceptors (Lipinski definition) is 4. The number of rotatable bonds is 4. The van der Waals surface area contributed by atoms with Crippen LogP contribution in [0.25, 0.3) is 0 Å². The zero-order valence-electron chi connectivity index (χ0n) is 15.7. The average molecular weight is 507 g/mol. The molecule has 0 bridgehead atoms. The van der Waals surface area contributed by atoms with Crippen LogP contribution in [0.15, 0.2) is 23.3 Å². The zero-order valence-corrected chi connectivity index (χ0v) is 18.7. The molecule has 1 aromatic heterocycles. The van der Waals surface area contributed by atoms with Gasteiger partial charge < -0.3 is 20.4 Å². The summed E-state index contributed by atoms with van der Waals surface area (Å²) < 4.78 is 0. The SMILES string of the molecule is CN=C(NCC(=O)N1CCCCC1)NC1CCN(c2ncccc2Cl)C1.I. The zero-order chi connectivity index (χ0) is 18.4. The molecule has 2 saturated heterocycles. The number of halogens is 2. The predicted octanol–water partition coefficient (Wildman–Crippen LogP) is 2.11. The van der Waals surface area contributed by atoms with Crippen molar-refractivity contribution in [2.45, 2.75) is 31.7 Å². The van der Waals surface area contributed by atoms with E-state index in [2.05, 4.69) is 25.5 Å². The van der Waals surface area contributed by atoms with Crippen LogP contribution in [0.1, 0.15) is 25.7 Å². The summed E-state index contributed by atoms with van der Waals surface area (Å²) in [6.07, 6.45) is 6.15. The van der Waals surface area contributed by atoms with Crippen LogP contribution in [0.3, 0.4) is 0 Å². The predicted molar refractivity (Wildman–Crippen MR) is 120 cm³/mol. The van der Waals surface area contributed by atoms with Gasteiger partial charge in [0.05, 0.1) is 11.6 Å². The first-order valence-electron chi connectivity index (χ1n) is 9.28. The lowest BCUT2D eigenvalue weighted by Gasteiger charge is -2.27. The Labute approximate surface area is 183 Å². The molecule has 2 fully saturated rings. The number of carbonyl (C=O) groups is 1. The van der Waals surface area contributed by atoms with E-state index in [-0.39, 0.29) is 42.5 Å². The number of hydrogen-bond donors (Lipinski definition) is 2. The van der Waals surface area contributed by atoms with Crippen molar-refractivity contribution in [3.8, 4) is 0 Å². The van der Waals surface area contributed by atoms with Crippen molar-refractivity contribution in [3.05, 3.63) is 23.4 Å². The van der Waals surface area contributed by atoms with Crippen molar-refractivity contribution in [2.75, 3.05) is 44.7 Å². The van der Waals surface area contributed by atoms with Gasteiger partial charge in [-0.15, -0.1) is 24.0 Å². The van der Waals surface area contributed by atoms with E-state index >= 15 is 0 Å². The number of anilines is 1. The van der Waals surface area contributed by atoms with Crippen molar-refractivity contribution >= 4 is 53.3 Å². The van der Waals surface area contributed by atoms with Gasteiger partial charge in [0, 0.05) is 45.5 Å². The third-order valence-electron chi connectivity index (χ3n) is 4.91. The van der Waals surface area contributed by atoms with Crippen molar-refractivity contribution in [3.63, 3.8) is 0 Å². The minimum Gasteiger partial charge on any atom is -0.353 e. The number of amides is 1. The maximum Gasteiger partial charge on any atom is 0.241 e. The van der Waals surface area contributed by atoms with Gasteiger partial charge in [0.1, 0.15) is 5.82 Å². The fraction of sp³-hybridized carbons (Fsp3) is 0.611. The molecule has 0 saturated carbocycles. The Bertz CT molecular complexity index is 652. The molecule has 1 aromatic rings. The molecule has 7 nitrogen and oxygen atoms in total. The standard InChI is InChI=1S/C18H27ClN6O.HI/c1-20-18(22-12-16(26)24-9-3-2-4-10-24)23-14-7-11-25(13-14)17-15(19)6-5-8-21-17;/h5-6,8,14H,2-4,7,9-13H2,1H3,(H2,20,22,23);1H. The van der Waals surface area contributed by atoms with E-state index in [1.54, 1.807) is 13.2 Å². The molecule has 2 N–H and O–H groups in total. The van der Waals surface area contributed by atoms with Gasteiger partial charge in [-0.25, -0.2) is 4.98 Å². The molecule has 0 aliphatic carbocycles. The van der Waals surface area contributed by atoms with E-state index in [1.807, 2.05) is 17.0 Å². The Balaban J connectivity index is 0.00000261. The first-order chi connectivity index (χ1) is 12.7. The second kappa shape index (κ2) is 10.9. The number of likely N-dealkylation sites (tertiary alicyclic amines) is 1. The summed E-state index contributed by atoms with van der Waals surface area (Å²) in [5, 5.41) is 7.21. The first kappa shape index (κ1) is 22.0. The van der Waals surface area contributed by atoms with Gasteiger partial charge >= 0.3 is 0 Å². The number of pyridine rings is 1. The molecule has 3 heterocycles. The summed E-state index contributed by atoms with van der Waals surface area (Å²) >= 11 is 6.24. The molecule has 2 aliphatic heterocycles. The van der Waals surface area contributed by atoms with Gasteiger partial charge in [-0.2, -0.15) is 0 Å². The van der Waals surface area contributed by atoms with Crippen LogP contribution in [-0.4, -0.2) is 67.6 Å². The molecule has 3 rings (SSSR count). The molecular weight excluding hydrogens is 479 g/mol. The van der Waals surface area contributed by atoms with Crippen LogP contribution in [0.2, 0.25) is 5.02 Å². The smallest absolute Gasteiger partial charge is 0.241 e. The third kappa shape index (κ3) is 6.10. The van der Waals surface area contributed by atoms with E-state index in [4.69, 9.17) is 11.6 Å². The van der Waals surface area contributed by atoms with Gasteiger partial charge in [-0.3, -0.25) is 9.79 Å². The Morgan fingerprint density at radius 2 is 2.11 bits per heavy atom. The Morgan fingerprint density at radius 1 is 1.33 bits per heavy atom. The summed E-state index contributed by atoms with van der Waals surface area (Å²) in [7, 11) is 1.73. The third-order valence-corrected chi connectivity index (χ3v) is 5.20. The van der Waals surface area contributed by atoms with Crippen molar-refractivity contribution in [1.82, 2.24) is 20.5 Å². The molecule has 1 atom stereocenters. The lowest BCUT2D eigenvalue weighted by Crippen LogP contribution is -2.49. The highest BCUT2D eigenvalue weighted by molar-refractivity contribution is 14.0. The highest BCUT2D eigenvalue weighted by Gasteiger charge is 2.25. The number of carbonyl (C=O) groups excluding carboxylic acids is 1. The van der Waals surface area contributed by atoms with E-state index < -0.39 is 0 Å². The lowest BCUT2D eigenvalue weighted by atomic mass is 10.1. The molecule has 9 heteroatoms. The van der Waals surface area contributed by atoms with E-state index in [0.717, 1.165) is 51.3 Å². The lowest BCUT2D eigenvalue weighted by molar-refractivity contribution is -0.130. The fourth-order valence-electron chi connectivity index (χ4n) is 3.48. The quantitative estimate of drug-likeness (QED) is 0.372. The fourth-order valence-corrected chi connectivity index (χ4v) is 3.72. The normalized spacial score (nSPS) is 20.2. The van der Waals surface area contributed by atoms with Gasteiger partial charge in [0.15, 0.2) is 5.96 Å². The maximum absolute atomic E-state index is 12.3. The molecule has 0 radical (unpaired) electrons. The molecule has 1 amide bonds. The first-order valence-corrected chi connectivity index (χ1v) is 9.65. The van der Waals surface area contributed by atoms with Crippen LogP contribution >= 0.6 is 35.6 Å². The maximum atomic E-state index is 12.3. The number of piperidine rings is 1. The monoisotopic (exact) mass is 506 g/mol. The van der Waals surface area contributed by atoms with Gasteiger partial charge in [0.25, 0.3) is 0 Å². The van der Waals surface area contributed by atoms with Crippen molar-refractivity contribution < 1.29 is 4.79 Å². The minimum absolute atomic E-state index is 0. The molecule has 1 unspecified atom stereocenters. The Morgan fingerprint density at radius 3 is 2.81 bits per heavy atom. The number of aliphatic imine (C=N–C) groups is 1. The van der Waals surface area contributed by atoms with Crippen LogP contribution < -0.4 is 15.5 Å². The van der Waals surface area contributed by atoms with Crippen molar-refractivity contribution in [2.24, 2.45) is 4.99 Å². The number of aromatic nitrogens is 1. The van der Waals surface area contributed by atoms with E-state index in [9.17, 15) is 4.79 Å². The number of nitrogens with zero attached hydrogens (tertiary/aromatic N) is 4. The highest BCUT2D eigenvalue weighted by atomic mass is 127. The summed E-state index contributed by atoms with van der Waals surface area (Å²) in [5.74, 6) is 1.62. The van der Waals surface area contributed by atoms with Crippen LogP contribution in [0.4, 0.5) is 5.82 Å². The minimum atomic E-state index is 0. The van der Waals surface area contributed by atoms with Crippen LogP contribution in [0, 0.1) is 0 Å². The molecule has 0 aromatic carbocycles. The summed E-state index contributed by atoms with van der Waals surface area (Å²) in [6.45, 7) is 3.71. The molecule has 150 valence electrons. The summed E-state index contributed by atoms with van der Waals surface area (Å²) in [4.78, 5) is 25.0. The molecule has 27 heavy (non-hydrogen) atoms. The van der Waals surface area contributed by atoms with E-state index in [0.29, 0.717) is 11.0 Å². The van der Waals surface area contributed by atoms with Crippen LogP contribution in [0.5, 0.6) is 0 Å². The van der Waals surface area contributed by atoms with Crippen molar-refractivity contribution in [1.29, 1.82) is 0 Å². The van der Waals surface area contributed by atoms with Gasteiger partial charge in [-0.1, -0.05) is 11.6 Å². The second-order valence-corrected chi connectivity index (χ2v) is 7.16. The number of guanidine groups is 1. The molecular formula is C18H28ClIN6O. The largest absolute Gasteiger partial charge is 0.353 e. The highest BCUT2D eigenvalue weighted by Crippen LogP contribution is 2.25. The summed E-state index contributed by atoms with van der Waals surface area (Å²) in [5.41, 5.74) is 0. The van der Waals surface area contributed by atoms with Gasteiger partial charge in [-0.05, 0) is 37.8 Å². The molecule has 0 spiro atoms. The average Bonchev–Trinajstić information content (AvgIpc) is 3.14. The van der Waals surface area contributed by atoms with Crippen LogP contribution in [-0.2, 0) is 4.79 Å². The number of nitrogens with one attached hydrogen (secondary N) is 2. The Hall–Kier alpha value is -1.29. The Kier molecular flexibility index (Phi) is 8.88. The summed E-state index contributed by atoms with van der Waals surface area (Å²) in [6, 6.07) is 3.93. The second-order valence-electron chi connectivity index (χ2n) is 6.75.